The monoisotopic (exact) mass is 294 g/mol. The fourth-order valence-electron chi connectivity index (χ4n) is 2.89. The maximum Gasteiger partial charge on any atom is 0.331 e. The number of likely N-dealkylation sites (tertiary alicyclic amines) is 1. The van der Waals surface area contributed by atoms with Crippen molar-refractivity contribution in [3.05, 3.63) is 30.1 Å². The van der Waals surface area contributed by atoms with Gasteiger partial charge in [0.05, 0.1) is 7.11 Å². The van der Waals surface area contributed by atoms with Gasteiger partial charge in [-0.05, 0) is 56.6 Å². The van der Waals surface area contributed by atoms with Gasteiger partial charge in [0.1, 0.15) is 11.4 Å². The number of anilines is 1. The van der Waals surface area contributed by atoms with E-state index in [0.29, 0.717) is 12.8 Å². The fourth-order valence-corrected chi connectivity index (χ4v) is 2.89. The summed E-state index contributed by atoms with van der Waals surface area (Å²) in [4.78, 5) is 14.7. The number of carbonyl (C=O) groups excluding carboxylic acids is 1. The van der Waals surface area contributed by atoms with Crippen molar-refractivity contribution in [3.63, 3.8) is 0 Å². The Morgan fingerprint density at radius 2 is 2.05 bits per heavy atom. The average Bonchev–Trinajstić information content (AvgIpc) is 2.72. The lowest BCUT2D eigenvalue weighted by Crippen LogP contribution is -2.48. The van der Waals surface area contributed by atoms with Gasteiger partial charge in [0, 0.05) is 12.2 Å². The zero-order valence-electron chi connectivity index (χ0n) is 12.7. The predicted octanol–water partition coefficient (Wildman–Crippen LogP) is 2.66. The zero-order valence-corrected chi connectivity index (χ0v) is 12.7. The van der Waals surface area contributed by atoms with Gasteiger partial charge < -0.3 is 15.0 Å². The number of hydrogen-bond donors (Lipinski definition) is 1. The first-order chi connectivity index (χ1) is 10.1. The van der Waals surface area contributed by atoms with E-state index in [-0.39, 0.29) is 11.8 Å². The molecule has 1 aliphatic rings. The van der Waals surface area contributed by atoms with Gasteiger partial charge in [-0.25, -0.2) is 9.18 Å². The van der Waals surface area contributed by atoms with Gasteiger partial charge in [0.15, 0.2) is 0 Å². The fraction of sp³-hybridized carbons (Fsp3) is 0.562. The number of nitrogens with one attached hydrogen (secondary N) is 1. The second-order valence-corrected chi connectivity index (χ2v) is 5.49. The molecule has 1 aromatic carbocycles. The molecule has 2 rings (SSSR count). The quantitative estimate of drug-likeness (QED) is 0.867. The van der Waals surface area contributed by atoms with E-state index in [1.54, 1.807) is 12.1 Å². The molecule has 1 atom stereocenters. The van der Waals surface area contributed by atoms with Gasteiger partial charge in [-0.15, -0.1) is 0 Å². The van der Waals surface area contributed by atoms with E-state index in [4.69, 9.17) is 4.74 Å². The lowest BCUT2D eigenvalue weighted by molar-refractivity contribution is -0.146. The molecule has 1 saturated heterocycles. The summed E-state index contributed by atoms with van der Waals surface area (Å²) in [5.41, 5.74) is 0.0167. The van der Waals surface area contributed by atoms with Crippen LogP contribution >= 0.6 is 0 Å². The Morgan fingerprint density at radius 1 is 1.33 bits per heavy atom. The molecule has 0 amide bonds. The lowest BCUT2D eigenvalue weighted by atomic mass is 9.90. The van der Waals surface area contributed by atoms with Crippen LogP contribution in [0.4, 0.5) is 10.1 Å². The first-order valence-electron chi connectivity index (χ1n) is 7.44. The molecule has 0 spiro atoms. The summed E-state index contributed by atoms with van der Waals surface area (Å²) in [6.45, 7) is 4.94. The third-order valence-electron chi connectivity index (χ3n) is 4.18. The minimum Gasteiger partial charge on any atom is -0.467 e. The molecule has 0 radical (unpaired) electrons. The van der Waals surface area contributed by atoms with Crippen LogP contribution in [0.25, 0.3) is 0 Å². The lowest BCUT2D eigenvalue weighted by Gasteiger charge is -2.32. The summed E-state index contributed by atoms with van der Waals surface area (Å²) in [6, 6.07) is 6.09. The Bertz CT molecular complexity index is 478. The molecule has 1 fully saturated rings. The maximum atomic E-state index is 13.0. The molecule has 116 valence electrons. The van der Waals surface area contributed by atoms with Crippen LogP contribution in [0.1, 0.15) is 26.2 Å². The SMILES string of the molecule is CCN1CCCC(Nc2ccc(F)cc2)(C(=O)OC)CC1. The number of hydrogen-bond acceptors (Lipinski definition) is 4. The Hall–Kier alpha value is -1.62. The third kappa shape index (κ3) is 3.73. The van der Waals surface area contributed by atoms with Gasteiger partial charge in [0.2, 0.25) is 0 Å². The van der Waals surface area contributed by atoms with E-state index >= 15 is 0 Å². The van der Waals surface area contributed by atoms with Gasteiger partial charge >= 0.3 is 5.97 Å². The topological polar surface area (TPSA) is 41.6 Å². The van der Waals surface area contributed by atoms with Crippen LogP contribution in [0.3, 0.4) is 0 Å². The van der Waals surface area contributed by atoms with Crippen LogP contribution in [-0.4, -0.2) is 43.2 Å². The number of ether oxygens (including phenoxy) is 1. The van der Waals surface area contributed by atoms with Crippen molar-refractivity contribution in [2.75, 3.05) is 32.1 Å². The molecule has 1 aliphatic heterocycles. The van der Waals surface area contributed by atoms with Crippen molar-refractivity contribution < 1.29 is 13.9 Å². The van der Waals surface area contributed by atoms with Crippen LogP contribution < -0.4 is 5.32 Å². The van der Waals surface area contributed by atoms with Gasteiger partial charge in [-0.2, -0.15) is 0 Å². The van der Waals surface area contributed by atoms with Crippen molar-refractivity contribution >= 4 is 11.7 Å². The summed E-state index contributed by atoms with van der Waals surface area (Å²) < 4.78 is 18.0. The largest absolute Gasteiger partial charge is 0.467 e. The number of benzene rings is 1. The highest BCUT2D eigenvalue weighted by molar-refractivity contribution is 5.84. The van der Waals surface area contributed by atoms with Crippen molar-refractivity contribution in [1.82, 2.24) is 4.90 Å². The maximum absolute atomic E-state index is 13.0. The van der Waals surface area contributed by atoms with Gasteiger partial charge in [0.25, 0.3) is 0 Å². The van der Waals surface area contributed by atoms with Crippen LogP contribution in [-0.2, 0) is 9.53 Å². The van der Waals surface area contributed by atoms with E-state index in [1.165, 1.54) is 19.2 Å². The molecule has 1 N–H and O–H groups in total. The Balaban J connectivity index is 2.20. The third-order valence-corrected chi connectivity index (χ3v) is 4.18. The first kappa shape index (κ1) is 15.8. The Labute approximate surface area is 125 Å². The van der Waals surface area contributed by atoms with E-state index < -0.39 is 5.54 Å². The van der Waals surface area contributed by atoms with E-state index in [1.807, 2.05) is 0 Å². The number of nitrogens with zero attached hydrogens (tertiary/aromatic N) is 1. The van der Waals surface area contributed by atoms with E-state index in [0.717, 1.165) is 31.7 Å². The minimum atomic E-state index is -0.726. The number of carbonyl (C=O) groups is 1. The molecule has 0 aromatic heterocycles. The predicted molar refractivity (Wildman–Crippen MR) is 80.7 cm³/mol. The van der Waals surface area contributed by atoms with Crippen molar-refractivity contribution in [2.24, 2.45) is 0 Å². The van der Waals surface area contributed by atoms with Crippen molar-refractivity contribution in [2.45, 2.75) is 31.7 Å². The summed E-state index contributed by atoms with van der Waals surface area (Å²) in [7, 11) is 1.42. The van der Waals surface area contributed by atoms with Gasteiger partial charge in [-0.1, -0.05) is 6.92 Å². The standard InChI is InChI=1S/C16H23FN2O2/c1-3-19-11-4-9-16(10-12-19,15(20)21-2)18-14-7-5-13(17)6-8-14/h5-8,18H,3-4,9-12H2,1-2H3. The van der Waals surface area contributed by atoms with Crippen LogP contribution in [0.2, 0.25) is 0 Å². The van der Waals surface area contributed by atoms with E-state index in [9.17, 15) is 9.18 Å². The molecule has 1 unspecified atom stereocenters. The first-order valence-corrected chi connectivity index (χ1v) is 7.44. The molecular formula is C16H23FN2O2. The van der Waals surface area contributed by atoms with E-state index in [2.05, 4.69) is 17.1 Å². The molecule has 0 bridgehead atoms. The number of rotatable bonds is 4. The molecular weight excluding hydrogens is 271 g/mol. The molecule has 1 heterocycles. The number of esters is 1. The molecule has 5 heteroatoms. The van der Waals surface area contributed by atoms with Gasteiger partial charge in [-0.3, -0.25) is 0 Å². The second-order valence-electron chi connectivity index (χ2n) is 5.49. The summed E-state index contributed by atoms with van der Waals surface area (Å²) >= 11 is 0. The number of halogens is 1. The minimum absolute atomic E-state index is 0.246. The highest BCUT2D eigenvalue weighted by atomic mass is 19.1. The zero-order chi connectivity index (χ0) is 15.3. The smallest absolute Gasteiger partial charge is 0.331 e. The normalized spacial score (nSPS) is 23.4. The molecule has 0 aliphatic carbocycles. The van der Waals surface area contributed by atoms with Crippen molar-refractivity contribution in [3.8, 4) is 0 Å². The highest BCUT2D eigenvalue weighted by Gasteiger charge is 2.40. The highest BCUT2D eigenvalue weighted by Crippen LogP contribution is 2.28. The molecule has 4 nitrogen and oxygen atoms in total. The Kier molecular flexibility index (Phi) is 5.17. The molecule has 1 aromatic rings. The second kappa shape index (κ2) is 6.89. The van der Waals surface area contributed by atoms with Crippen LogP contribution in [0.5, 0.6) is 0 Å². The molecule has 0 saturated carbocycles. The van der Waals surface area contributed by atoms with Crippen LogP contribution in [0.15, 0.2) is 24.3 Å². The average molecular weight is 294 g/mol. The Morgan fingerprint density at radius 3 is 2.67 bits per heavy atom. The molecule has 21 heavy (non-hydrogen) atoms. The van der Waals surface area contributed by atoms with Crippen LogP contribution in [0, 0.1) is 5.82 Å². The number of methoxy groups -OCH3 is 1. The summed E-state index contributed by atoms with van der Waals surface area (Å²) in [5.74, 6) is -0.532. The summed E-state index contributed by atoms with van der Waals surface area (Å²) in [6.07, 6.45) is 2.33. The summed E-state index contributed by atoms with van der Waals surface area (Å²) in [5, 5.41) is 3.29. The van der Waals surface area contributed by atoms with Crippen molar-refractivity contribution in [1.29, 1.82) is 0 Å².